The standard InChI is InChI=1S/C11H6ClN3OS/c12-8-4-2-1-3-7(8)9-14-15-10(16-9)11-13-5-6-17-11/h1-6H. The Kier molecular flexibility index (Phi) is 2.62. The Labute approximate surface area is 106 Å². The Bertz CT molecular complexity index is 636. The minimum atomic E-state index is 0.404. The summed E-state index contributed by atoms with van der Waals surface area (Å²) in [4.78, 5) is 4.11. The van der Waals surface area contributed by atoms with Crippen LogP contribution in [-0.2, 0) is 0 Å². The van der Waals surface area contributed by atoms with Gasteiger partial charge in [-0.15, -0.1) is 21.5 Å². The predicted molar refractivity (Wildman–Crippen MR) is 65.9 cm³/mol. The van der Waals surface area contributed by atoms with Crippen LogP contribution in [0.25, 0.3) is 22.4 Å². The van der Waals surface area contributed by atoms with Crippen LogP contribution in [0, 0.1) is 0 Å². The molecule has 17 heavy (non-hydrogen) atoms. The van der Waals surface area contributed by atoms with Gasteiger partial charge in [0, 0.05) is 11.6 Å². The number of hydrogen-bond acceptors (Lipinski definition) is 5. The minimum Gasteiger partial charge on any atom is -0.414 e. The summed E-state index contributed by atoms with van der Waals surface area (Å²) in [5, 5.41) is 11.1. The molecular weight excluding hydrogens is 258 g/mol. The topological polar surface area (TPSA) is 51.8 Å². The van der Waals surface area contributed by atoms with E-state index in [1.54, 1.807) is 12.3 Å². The summed E-state index contributed by atoms with van der Waals surface area (Å²) in [7, 11) is 0. The number of halogens is 1. The normalized spacial score (nSPS) is 10.6. The van der Waals surface area contributed by atoms with Gasteiger partial charge in [0.25, 0.3) is 5.89 Å². The molecule has 0 saturated heterocycles. The summed E-state index contributed by atoms with van der Waals surface area (Å²) in [6.07, 6.45) is 1.69. The van der Waals surface area contributed by atoms with Gasteiger partial charge in [-0.25, -0.2) is 4.98 Å². The first kappa shape index (κ1) is 10.4. The number of hydrogen-bond donors (Lipinski definition) is 0. The molecule has 1 aromatic carbocycles. The van der Waals surface area contributed by atoms with Crippen LogP contribution >= 0.6 is 22.9 Å². The summed E-state index contributed by atoms with van der Waals surface area (Å²) in [5.41, 5.74) is 0.726. The smallest absolute Gasteiger partial charge is 0.277 e. The third kappa shape index (κ3) is 1.94. The lowest BCUT2D eigenvalue weighted by Crippen LogP contribution is -1.78. The van der Waals surface area contributed by atoms with Crippen LogP contribution in [0.2, 0.25) is 5.02 Å². The fourth-order valence-corrected chi connectivity index (χ4v) is 2.15. The van der Waals surface area contributed by atoms with Gasteiger partial charge in [-0.1, -0.05) is 23.7 Å². The van der Waals surface area contributed by atoms with Crippen LogP contribution in [0.3, 0.4) is 0 Å². The van der Waals surface area contributed by atoms with Crippen molar-refractivity contribution in [1.29, 1.82) is 0 Å². The van der Waals surface area contributed by atoms with Crippen molar-refractivity contribution in [2.45, 2.75) is 0 Å². The lowest BCUT2D eigenvalue weighted by atomic mass is 10.2. The van der Waals surface area contributed by atoms with Crippen LogP contribution in [-0.4, -0.2) is 15.2 Å². The Morgan fingerprint density at radius 3 is 2.71 bits per heavy atom. The minimum absolute atomic E-state index is 0.404. The monoisotopic (exact) mass is 263 g/mol. The van der Waals surface area contributed by atoms with Gasteiger partial charge in [0.1, 0.15) is 0 Å². The van der Waals surface area contributed by atoms with E-state index in [1.165, 1.54) is 11.3 Å². The molecule has 84 valence electrons. The largest absolute Gasteiger partial charge is 0.414 e. The zero-order chi connectivity index (χ0) is 11.7. The Hall–Kier alpha value is -1.72. The van der Waals surface area contributed by atoms with Gasteiger partial charge < -0.3 is 4.42 Å². The van der Waals surface area contributed by atoms with Crippen molar-refractivity contribution in [2.24, 2.45) is 0 Å². The molecule has 4 nitrogen and oxygen atoms in total. The number of thiazole rings is 1. The van der Waals surface area contributed by atoms with E-state index in [-0.39, 0.29) is 0 Å². The molecule has 2 aromatic heterocycles. The number of nitrogens with zero attached hydrogens (tertiary/aromatic N) is 3. The molecule has 0 amide bonds. The number of rotatable bonds is 2. The van der Waals surface area contributed by atoms with Crippen molar-refractivity contribution >= 4 is 22.9 Å². The molecule has 0 atom stereocenters. The van der Waals surface area contributed by atoms with Gasteiger partial charge in [-0.05, 0) is 12.1 Å². The van der Waals surface area contributed by atoms with Crippen molar-refractivity contribution in [3.8, 4) is 22.4 Å². The predicted octanol–water partition coefficient (Wildman–Crippen LogP) is 3.51. The average Bonchev–Trinajstić information content (AvgIpc) is 3.00. The van der Waals surface area contributed by atoms with E-state index in [1.807, 2.05) is 23.6 Å². The molecule has 0 fully saturated rings. The maximum Gasteiger partial charge on any atom is 0.277 e. The molecule has 0 saturated carbocycles. The highest BCUT2D eigenvalue weighted by Gasteiger charge is 2.13. The average molecular weight is 264 g/mol. The van der Waals surface area contributed by atoms with Crippen molar-refractivity contribution in [3.05, 3.63) is 40.9 Å². The zero-order valence-electron chi connectivity index (χ0n) is 8.50. The molecule has 0 N–H and O–H groups in total. The first-order valence-electron chi connectivity index (χ1n) is 4.83. The maximum atomic E-state index is 6.05. The lowest BCUT2D eigenvalue weighted by molar-refractivity contribution is 0.584. The van der Waals surface area contributed by atoms with Crippen LogP contribution < -0.4 is 0 Å². The van der Waals surface area contributed by atoms with Crippen LogP contribution in [0.4, 0.5) is 0 Å². The van der Waals surface area contributed by atoms with Gasteiger partial charge in [-0.3, -0.25) is 0 Å². The van der Waals surface area contributed by atoms with Gasteiger partial charge in [-0.2, -0.15) is 0 Å². The molecule has 6 heteroatoms. The summed E-state index contributed by atoms with van der Waals surface area (Å²) in [5.74, 6) is 0.815. The number of benzene rings is 1. The molecule has 0 radical (unpaired) electrons. The third-order valence-electron chi connectivity index (χ3n) is 2.14. The number of aromatic nitrogens is 3. The Morgan fingerprint density at radius 1 is 1.12 bits per heavy atom. The molecule has 0 unspecified atom stereocenters. The first-order valence-corrected chi connectivity index (χ1v) is 6.08. The van der Waals surface area contributed by atoms with E-state index in [0.29, 0.717) is 21.8 Å². The van der Waals surface area contributed by atoms with Crippen molar-refractivity contribution in [2.75, 3.05) is 0 Å². The molecule has 2 heterocycles. The quantitative estimate of drug-likeness (QED) is 0.710. The molecule has 0 bridgehead atoms. The van der Waals surface area contributed by atoms with E-state index in [4.69, 9.17) is 16.0 Å². The highest BCUT2D eigenvalue weighted by Crippen LogP contribution is 2.29. The lowest BCUT2D eigenvalue weighted by Gasteiger charge is -1.96. The fourth-order valence-electron chi connectivity index (χ4n) is 1.38. The van der Waals surface area contributed by atoms with Gasteiger partial charge in [0.05, 0.1) is 10.6 Å². The van der Waals surface area contributed by atoms with Gasteiger partial charge in [0.2, 0.25) is 5.89 Å². The van der Waals surface area contributed by atoms with E-state index in [0.717, 1.165) is 5.56 Å². The van der Waals surface area contributed by atoms with Gasteiger partial charge >= 0.3 is 0 Å². The summed E-state index contributed by atoms with van der Waals surface area (Å²) in [6, 6.07) is 7.34. The molecule has 3 aromatic rings. The molecule has 0 aliphatic rings. The molecule has 0 aliphatic heterocycles. The molecular formula is C11H6ClN3OS. The highest BCUT2D eigenvalue weighted by molar-refractivity contribution is 7.12. The summed E-state index contributed by atoms with van der Waals surface area (Å²) in [6.45, 7) is 0. The van der Waals surface area contributed by atoms with Crippen LogP contribution in [0.15, 0.2) is 40.3 Å². The molecule has 0 spiro atoms. The van der Waals surface area contributed by atoms with E-state index in [2.05, 4.69) is 15.2 Å². The maximum absolute atomic E-state index is 6.05. The van der Waals surface area contributed by atoms with Crippen LogP contribution in [0.1, 0.15) is 0 Å². The zero-order valence-corrected chi connectivity index (χ0v) is 10.1. The van der Waals surface area contributed by atoms with Gasteiger partial charge in [0.15, 0.2) is 5.01 Å². The SMILES string of the molecule is Clc1ccccc1-c1nnc(-c2nccs2)o1. The van der Waals surface area contributed by atoms with Crippen LogP contribution in [0.5, 0.6) is 0 Å². The van der Waals surface area contributed by atoms with Crippen molar-refractivity contribution < 1.29 is 4.42 Å². The second-order valence-electron chi connectivity index (χ2n) is 3.23. The summed E-state index contributed by atoms with van der Waals surface area (Å²) >= 11 is 7.50. The van der Waals surface area contributed by atoms with Crippen molar-refractivity contribution in [3.63, 3.8) is 0 Å². The van der Waals surface area contributed by atoms with E-state index in [9.17, 15) is 0 Å². The second kappa shape index (κ2) is 4.27. The first-order chi connectivity index (χ1) is 8.34. The second-order valence-corrected chi connectivity index (χ2v) is 4.53. The molecule has 3 rings (SSSR count). The fraction of sp³-hybridized carbons (Fsp3) is 0. The highest BCUT2D eigenvalue weighted by atomic mass is 35.5. The molecule has 0 aliphatic carbocycles. The Morgan fingerprint density at radius 2 is 1.94 bits per heavy atom. The van der Waals surface area contributed by atoms with E-state index >= 15 is 0 Å². The van der Waals surface area contributed by atoms with E-state index < -0.39 is 0 Å². The third-order valence-corrected chi connectivity index (χ3v) is 3.24. The Balaban J connectivity index is 2.04. The van der Waals surface area contributed by atoms with Crippen molar-refractivity contribution in [1.82, 2.24) is 15.2 Å². The summed E-state index contributed by atoms with van der Waals surface area (Å²) < 4.78 is 5.54.